The Hall–Kier alpha value is -2.99. The number of amides is 1. The van der Waals surface area contributed by atoms with Crippen LogP contribution in [0.3, 0.4) is 0 Å². The lowest BCUT2D eigenvalue weighted by Crippen LogP contribution is -2.12. The molecule has 0 saturated carbocycles. The Morgan fingerprint density at radius 3 is 2.75 bits per heavy atom. The molecule has 2 aromatic carbocycles. The number of hydrogen-bond donors (Lipinski definition) is 2. The van der Waals surface area contributed by atoms with Crippen molar-refractivity contribution in [1.29, 1.82) is 0 Å². The number of aromatic nitrogens is 2. The zero-order valence-corrected chi connectivity index (χ0v) is 13.0. The van der Waals surface area contributed by atoms with Gasteiger partial charge in [0.05, 0.1) is 6.61 Å². The van der Waals surface area contributed by atoms with E-state index in [4.69, 9.17) is 9.63 Å². The molecule has 0 unspecified atom stereocenters. The van der Waals surface area contributed by atoms with Gasteiger partial charge < -0.3 is 14.9 Å². The minimum absolute atomic E-state index is 0.0615. The maximum absolute atomic E-state index is 12.0. The second kappa shape index (κ2) is 7.52. The van der Waals surface area contributed by atoms with E-state index < -0.39 is 0 Å². The molecule has 0 spiro atoms. The summed E-state index contributed by atoms with van der Waals surface area (Å²) < 4.78 is 5.18. The summed E-state index contributed by atoms with van der Waals surface area (Å²) in [5, 5.41) is 15.8. The van der Waals surface area contributed by atoms with Crippen LogP contribution in [0.25, 0.3) is 11.4 Å². The number of aliphatic hydroxyl groups excluding tert-OH is 1. The fourth-order valence-corrected chi connectivity index (χ4v) is 2.25. The molecule has 0 radical (unpaired) electrons. The number of carbonyl (C=O) groups excluding carboxylic acids is 1. The molecule has 24 heavy (non-hydrogen) atoms. The summed E-state index contributed by atoms with van der Waals surface area (Å²) in [4.78, 5) is 16.3. The lowest BCUT2D eigenvalue weighted by atomic mass is 10.2. The molecule has 2 N–H and O–H groups in total. The predicted molar refractivity (Wildman–Crippen MR) is 89.0 cm³/mol. The van der Waals surface area contributed by atoms with Gasteiger partial charge in [-0.3, -0.25) is 4.79 Å². The van der Waals surface area contributed by atoms with Crippen molar-refractivity contribution in [1.82, 2.24) is 10.1 Å². The molecular weight excluding hydrogens is 306 g/mol. The van der Waals surface area contributed by atoms with Gasteiger partial charge in [0.1, 0.15) is 0 Å². The van der Waals surface area contributed by atoms with Gasteiger partial charge in [0.15, 0.2) is 0 Å². The number of carbonyl (C=O) groups is 1. The van der Waals surface area contributed by atoms with Crippen LogP contribution in [0.1, 0.15) is 17.9 Å². The molecule has 0 aliphatic carbocycles. The summed E-state index contributed by atoms with van der Waals surface area (Å²) in [6, 6.07) is 16.6. The average Bonchev–Trinajstić information content (AvgIpc) is 3.10. The molecule has 0 fully saturated rings. The van der Waals surface area contributed by atoms with Gasteiger partial charge >= 0.3 is 0 Å². The maximum Gasteiger partial charge on any atom is 0.227 e. The van der Waals surface area contributed by atoms with Crippen LogP contribution in [0.15, 0.2) is 59.1 Å². The number of rotatable bonds is 6. The average molecular weight is 323 g/mol. The van der Waals surface area contributed by atoms with Crippen molar-refractivity contribution in [3.8, 4) is 11.4 Å². The van der Waals surface area contributed by atoms with Crippen LogP contribution < -0.4 is 5.32 Å². The predicted octanol–water partition coefficient (Wildman–Crippen LogP) is 2.80. The summed E-state index contributed by atoms with van der Waals surface area (Å²) in [5.74, 6) is 0.791. The minimum atomic E-state index is -0.149. The van der Waals surface area contributed by atoms with Crippen molar-refractivity contribution in [2.75, 3.05) is 5.32 Å². The number of aryl methyl sites for hydroxylation is 1. The Kier molecular flexibility index (Phi) is 4.98. The summed E-state index contributed by atoms with van der Waals surface area (Å²) in [6.07, 6.45) is 0.602. The molecule has 0 aliphatic heterocycles. The van der Waals surface area contributed by atoms with E-state index in [1.54, 1.807) is 24.3 Å². The Balaban J connectivity index is 1.56. The van der Waals surface area contributed by atoms with Gasteiger partial charge in [-0.05, 0) is 17.7 Å². The van der Waals surface area contributed by atoms with E-state index in [9.17, 15) is 4.79 Å². The van der Waals surface area contributed by atoms with Crippen LogP contribution in [0.2, 0.25) is 0 Å². The van der Waals surface area contributed by atoms with Crippen molar-refractivity contribution in [2.24, 2.45) is 0 Å². The lowest BCUT2D eigenvalue weighted by Gasteiger charge is -2.05. The van der Waals surface area contributed by atoms with Crippen LogP contribution in [-0.2, 0) is 17.8 Å². The van der Waals surface area contributed by atoms with Crippen molar-refractivity contribution >= 4 is 11.6 Å². The zero-order chi connectivity index (χ0) is 16.8. The molecule has 6 heteroatoms. The molecule has 1 heterocycles. The highest BCUT2D eigenvalue weighted by atomic mass is 16.5. The number of nitrogens with zero attached hydrogens (tertiary/aromatic N) is 2. The fraction of sp³-hybridized carbons (Fsp3) is 0.167. The number of anilines is 1. The minimum Gasteiger partial charge on any atom is -0.392 e. The number of benzene rings is 2. The molecule has 1 amide bonds. The Labute approximate surface area is 139 Å². The van der Waals surface area contributed by atoms with Crippen molar-refractivity contribution < 1.29 is 14.4 Å². The molecule has 6 nitrogen and oxygen atoms in total. The second-order valence-corrected chi connectivity index (χ2v) is 5.28. The summed E-state index contributed by atoms with van der Waals surface area (Å²) in [5.41, 5.74) is 2.28. The van der Waals surface area contributed by atoms with Crippen LogP contribution >= 0.6 is 0 Å². The van der Waals surface area contributed by atoms with Gasteiger partial charge in [0.2, 0.25) is 17.6 Å². The van der Waals surface area contributed by atoms with Gasteiger partial charge in [-0.1, -0.05) is 47.6 Å². The van der Waals surface area contributed by atoms with Crippen molar-refractivity contribution in [3.05, 3.63) is 66.1 Å². The normalized spacial score (nSPS) is 10.5. The first-order valence-corrected chi connectivity index (χ1v) is 7.62. The Morgan fingerprint density at radius 2 is 1.96 bits per heavy atom. The maximum atomic E-state index is 12.0. The third-order valence-electron chi connectivity index (χ3n) is 3.46. The third-order valence-corrected chi connectivity index (χ3v) is 3.46. The molecule has 3 rings (SSSR count). The number of hydrogen-bond acceptors (Lipinski definition) is 5. The largest absolute Gasteiger partial charge is 0.392 e. The van der Waals surface area contributed by atoms with Gasteiger partial charge in [0, 0.05) is 24.1 Å². The van der Waals surface area contributed by atoms with E-state index in [0.29, 0.717) is 23.8 Å². The summed E-state index contributed by atoms with van der Waals surface area (Å²) >= 11 is 0. The first-order chi connectivity index (χ1) is 11.7. The molecule has 1 aromatic heterocycles. The molecule has 0 atom stereocenters. The number of aliphatic hydroxyl groups is 1. The van der Waals surface area contributed by atoms with E-state index in [0.717, 1.165) is 11.1 Å². The highest BCUT2D eigenvalue weighted by molar-refractivity contribution is 5.90. The van der Waals surface area contributed by atoms with E-state index >= 15 is 0 Å². The van der Waals surface area contributed by atoms with Gasteiger partial charge in [-0.25, -0.2) is 0 Å². The van der Waals surface area contributed by atoms with E-state index in [2.05, 4.69) is 15.5 Å². The van der Waals surface area contributed by atoms with Crippen LogP contribution in [0, 0.1) is 0 Å². The molecule has 0 aliphatic rings. The first-order valence-electron chi connectivity index (χ1n) is 7.62. The topological polar surface area (TPSA) is 88.2 Å². The molecule has 0 saturated heterocycles. The lowest BCUT2D eigenvalue weighted by molar-refractivity contribution is -0.116. The van der Waals surface area contributed by atoms with Gasteiger partial charge in [-0.2, -0.15) is 4.98 Å². The molecule has 0 bridgehead atoms. The van der Waals surface area contributed by atoms with E-state index in [-0.39, 0.29) is 18.9 Å². The molecule has 3 aromatic rings. The highest BCUT2D eigenvalue weighted by Crippen LogP contribution is 2.16. The summed E-state index contributed by atoms with van der Waals surface area (Å²) in [6.45, 7) is -0.0615. The third kappa shape index (κ3) is 4.05. The molecule has 122 valence electrons. The SMILES string of the molecule is O=C(CCc1nc(-c2ccccc2)no1)Nc1cccc(CO)c1. The van der Waals surface area contributed by atoms with Crippen molar-refractivity contribution in [2.45, 2.75) is 19.4 Å². The van der Waals surface area contributed by atoms with E-state index in [1.807, 2.05) is 30.3 Å². The highest BCUT2D eigenvalue weighted by Gasteiger charge is 2.10. The number of nitrogens with one attached hydrogen (secondary N) is 1. The van der Waals surface area contributed by atoms with Crippen LogP contribution in [0.4, 0.5) is 5.69 Å². The Bertz CT molecular complexity index is 815. The standard InChI is InChI=1S/C18H17N3O3/c22-12-13-5-4-8-15(11-13)19-16(23)9-10-17-20-18(21-24-17)14-6-2-1-3-7-14/h1-8,11,22H,9-10,12H2,(H,19,23). The smallest absolute Gasteiger partial charge is 0.227 e. The fourth-order valence-electron chi connectivity index (χ4n) is 2.25. The molecular formula is C18H17N3O3. The van der Waals surface area contributed by atoms with Gasteiger partial charge in [-0.15, -0.1) is 0 Å². The quantitative estimate of drug-likeness (QED) is 0.728. The Morgan fingerprint density at radius 1 is 1.12 bits per heavy atom. The second-order valence-electron chi connectivity index (χ2n) is 5.28. The van der Waals surface area contributed by atoms with Crippen LogP contribution in [-0.4, -0.2) is 21.2 Å². The van der Waals surface area contributed by atoms with E-state index in [1.165, 1.54) is 0 Å². The monoisotopic (exact) mass is 323 g/mol. The summed E-state index contributed by atoms with van der Waals surface area (Å²) in [7, 11) is 0. The first kappa shape index (κ1) is 15.9. The van der Waals surface area contributed by atoms with Crippen molar-refractivity contribution in [3.63, 3.8) is 0 Å². The zero-order valence-electron chi connectivity index (χ0n) is 13.0. The van der Waals surface area contributed by atoms with Gasteiger partial charge in [0.25, 0.3) is 0 Å². The van der Waals surface area contributed by atoms with Crippen LogP contribution in [0.5, 0.6) is 0 Å².